The summed E-state index contributed by atoms with van der Waals surface area (Å²) >= 11 is 6.14. The number of nitrogens with zero attached hydrogens (tertiary/aromatic N) is 2. The van der Waals surface area contributed by atoms with E-state index in [0.29, 0.717) is 10.9 Å². The fourth-order valence-electron chi connectivity index (χ4n) is 1.79. The van der Waals surface area contributed by atoms with Crippen LogP contribution < -0.4 is 0 Å². The van der Waals surface area contributed by atoms with Crippen molar-refractivity contribution >= 4 is 11.6 Å². The van der Waals surface area contributed by atoms with Crippen LogP contribution in [0.4, 0.5) is 0 Å². The fourth-order valence-corrected chi connectivity index (χ4v) is 2.12. The second-order valence-corrected chi connectivity index (χ2v) is 5.13. The molecule has 0 spiro atoms. The topological polar surface area (TPSA) is 38.0 Å². The molecular weight excluding hydrogens is 248 g/mol. The first-order valence-corrected chi connectivity index (χ1v) is 6.40. The predicted molar refractivity (Wildman–Crippen MR) is 73.3 cm³/mol. The Morgan fingerprint density at radius 1 is 1.22 bits per heavy atom. The third-order valence-electron chi connectivity index (χ3n) is 2.90. The summed E-state index contributed by atoms with van der Waals surface area (Å²) in [5.74, 6) is 0.401. The molecule has 4 heteroatoms. The standard InChI is InChI=1S/C14H17ClN2O/c1-9(2)14-6-7-17(16-14)11-4-5-12(10(3)18)13(15)8-11/h4-10,18H,1-3H3. The van der Waals surface area contributed by atoms with Gasteiger partial charge >= 0.3 is 0 Å². The molecule has 1 atom stereocenters. The van der Waals surface area contributed by atoms with E-state index in [2.05, 4.69) is 18.9 Å². The van der Waals surface area contributed by atoms with Gasteiger partial charge < -0.3 is 5.11 Å². The molecule has 0 aliphatic heterocycles. The average molecular weight is 265 g/mol. The van der Waals surface area contributed by atoms with Crippen LogP contribution >= 0.6 is 11.6 Å². The van der Waals surface area contributed by atoms with Crippen molar-refractivity contribution < 1.29 is 5.11 Å². The van der Waals surface area contributed by atoms with E-state index in [1.165, 1.54) is 0 Å². The van der Waals surface area contributed by atoms with Crippen LogP contribution in [0.1, 0.15) is 44.1 Å². The van der Waals surface area contributed by atoms with Crippen molar-refractivity contribution in [2.45, 2.75) is 32.8 Å². The first kappa shape index (κ1) is 13.1. The minimum absolute atomic E-state index is 0.401. The molecule has 0 radical (unpaired) electrons. The highest BCUT2D eigenvalue weighted by Crippen LogP contribution is 2.25. The molecule has 1 heterocycles. The summed E-state index contributed by atoms with van der Waals surface area (Å²) in [5, 5.41) is 14.6. The van der Waals surface area contributed by atoms with Crippen molar-refractivity contribution in [3.05, 3.63) is 46.7 Å². The maximum absolute atomic E-state index is 9.54. The second kappa shape index (κ2) is 5.12. The van der Waals surface area contributed by atoms with Crippen LogP contribution in [0.15, 0.2) is 30.5 Å². The highest BCUT2D eigenvalue weighted by Gasteiger charge is 2.09. The van der Waals surface area contributed by atoms with Crippen LogP contribution in [0.2, 0.25) is 5.02 Å². The van der Waals surface area contributed by atoms with Crippen molar-refractivity contribution in [2.75, 3.05) is 0 Å². The molecule has 0 aliphatic carbocycles. The molecule has 1 aromatic carbocycles. The lowest BCUT2D eigenvalue weighted by Gasteiger charge is -2.09. The summed E-state index contributed by atoms with van der Waals surface area (Å²) in [4.78, 5) is 0. The number of halogens is 1. The molecule has 0 aliphatic rings. The number of aromatic nitrogens is 2. The second-order valence-electron chi connectivity index (χ2n) is 4.72. The number of benzene rings is 1. The molecule has 1 aromatic heterocycles. The van der Waals surface area contributed by atoms with Crippen molar-refractivity contribution in [2.24, 2.45) is 0 Å². The van der Waals surface area contributed by atoms with E-state index in [1.807, 2.05) is 30.5 Å². The Hall–Kier alpha value is -1.32. The fraction of sp³-hybridized carbons (Fsp3) is 0.357. The van der Waals surface area contributed by atoms with E-state index in [9.17, 15) is 5.11 Å². The molecule has 0 bridgehead atoms. The van der Waals surface area contributed by atoms with E-state index in [1.54, 1.807) is 11.6 Å². The van der Waals surface area contributed by atoms with Crippen molar-refractivity contribution in [3.63, 3.8) is 0 Å². The zero-order valence-corrected chi connectivity index (χ0v) is 11.5. The van der Waals surface area contributed by atoms with Crippen LogP contribution in [0.5, 0.6) is 0 Å². The van der Waals surface area contributed by atoms with Crippen LogP contribution in [-0.4, -0.2) is 14.9 Å². The first-order valence-electron chi connectivity index (χ1n) is 6.02. The van der Waals surface area contributed by atoms with Crippen molar-refractivity contribution in [1.82, 2.24) is 9.78 Å². The van der Waals surface area contributed by atoms with Crippen LogP contribution in [0, 0.1) is 0 Å². The zero-order valence-electron chi connectivity index (χ0n) is 10.8. The lowest BCUT2D eigenvalue weighted by atomic mass is 10.1. The number of rotatable bonds is 3. The van der Waals surface area contributed by atoms with Gasteiger partial charge in [-0.1, -0.05) is 31.5 Å². The van der Waals surface area contributed by atoms with E-state index >= 15 is 0 Å². The van der Waals surface area contributed by atoms with E-state index in [0.717, 1.165) is 16.9 Å². The van der Waals surface area contributed by atoms with Gasteiger partial charge in [0.05, 0.1) is 17.5 Å². The molecule has 0 saturated heterocycles. The Balaban J connectivity index is 2.36. The first-order chi connectivity index (χ1) is 8.49. The summed E-state index contributed by atoms with van der Waals surface area (Å²) < 4.78 is 1.80. The minimum atomic E-state index is -0.560. The monoisotopic (exact) mass is 264 g/mol. The number of hydrogen-bond donors (Lipinski definition) is 1. The van der Waals surface area contributed by atoms with Gasteiger partial charge in [-0.2, -0.15) is 5.10 Å². The lowest BCUT2D eigenvalue weighted by molar-refractivity contribution is 0.199. The summed E-state index contributed by atoms with van der Waals surface area (Å²) in [6, 6.07) is 7.56. The van der Waals surface area contributed by atoms with Gasteiger partial charge in [0.25, 0.3) is 0 Å². The molecular formula is C14H17ClN2O. The van der Waals surface area contributed by atoms with Crippen molar-refractivity contribution in [3.8, 4) is 5.69 Å². The van der Waals surface area contributed by atoms with E-state index < -0.39 is 6.10 Å². The summed E-state index contributed by atoms with van der Waals surface area (Å²) in [6.45, 7) is 5.91. The molecule has 3 nitrogen and oxygen atoms in total. The summed E-state index contributed by atoms with van der Waals surface area (Å²) in [7, 11) is 0. The third kappa shape index (κ3) is 2.57. The highest BCUT2D eigenvalue weighted by molar-refractivity contribution is 6.31. The van der Waals surface area contributed by atoms with Gasteiger partial charge in [0, 0.05) is 11.2 Å². The molecule has 0 saturated carbocycles. The normalized spacial score (nSPS) is 13.0. The third-order valence-corrected chi connectivity index (χ3v) is 3.23. The predicted octanol–water partition coefficient (Wildman–Crippen LogP) is 3.70. The lowest BCUT2D eigenvalue weighted by Crippen LogP contribution is -1.99. The van der Waals surface area contributed by atoms with E-state index in [4.69, 9.17) is 11.6 Å². The van der Waals surface area contributed by atoms with Crippen LogP contribution in [0.3, 0.4) is 0 Å². The molecule has 2 aromatic rings. The molecule has 1 unspecified atom stereocenters. The molecule has 1 N–H and O–H groups in total. The summed E-state index contributed by atoms with van der Waals surface area (Å²) in [6.07, 6.45) is 1.36. The van der Waals surface area contributed by atoms with Gasteiger partial charge in [-0.3, -0.25) is 0 Å². The van der Waals surface area contributed by atoms with Gasteiger partial charge in [0.1, 0.15) is 0 Å². The van der Waals surface area contributed by atoms with Gasteiger partial charge in [0.15, 0.2) is 0 Å². The average Bonchev–Trinajstić information content (AvgIpc) is 2.77. The molecule has 96 valence electrons. The zero-order chi connectivity index (χ0) is 13.3. The maximum Gasteiger partial charge on any atom is 0.0776 e. The Morgan fingerprint density at radius 2 is 1.94 bits per heavy atom. The van der Waals surface area contributed by atoms with Gasteiger partial charge in [-0.15, -0.1) is 0 Å². The quantitative estimate of drug-likeness (QED) is 0.918. The number of hydrogen-bond acceptors (Lipinski definition) is 2. The highest BCUT2D eigenvalue weighted by atomic mass is 35.5. The Morgan fingerprint density at radius 3 is 2.44 bits per heavy atom. The smallest absolute Gasteiger partial charge is 0.0776 e. The minimum Gasteiger partial charge on any atom is -0.389 e. The Labute approximate surface area is 112 Å². The molecule has 0 fully saturated rings. The molecule has 18 heavy (non-hydrogen) atoms. The SMILES string of the molecule is CC(C)c1ccn(-c2ccc(C(C)O)c(Cl)c2)n1. The van der Waals surface area contributed by atoms with Gasteiger partial charge in [0.2, 0.25) is 0 Å². The number of aliphatic hydroxyl groups excluding tert-OH is 1. The number of aliphatic hydroxyl groups is 1. The van der Waals surface area contributed by atoms with Gasteiger partial charge in [-0.25, -0.2) is 4.68 Å². The molecule has 0 amide bonds. The van der Waals surface area contributed by atoms with Crippen LogP contribution in [-0.2, 0) is 0 Å². The Kier molecular flexibility index (Phi) is 3.73. The van der Waals surface area contributed by atoms with Crippen molar-refractivity contribution in [1.29, 1.82) is 0 Å². The Bertz CT molecular complexity index is 546. The van der Waals surface area contributed by atoms with E-state index in [-0.39, 0.29) is 0 Å². The largest absolute Gasteiger partial charge is 0.389 e. The molecule has 2 rings (SSSR count). The summed E-state index contributed by atoms with van der Waals surface area (Å²) in [5.41, 5.74) is 2.68. The van der Waals surface area contributed by atoms with Crippen LogP contribution in [0.25, 0.3) is 5.69 Å². The maximum atomic E-state index is 9.54. The van der Waals surface area contributed by atoms with Gasteiger partial charge in [-0.05, 0) is 36.6 Å².